The molecule has 19 heavy (non-hydrogen) atoms. The van der Waals surface area contributed by atoms with Crippen molar-refractivity contribution in [2.75, 3.05) is 6.61 Å². The van der Waals surface area contributed by atoms with E-state index < -0.39 is 0 Å². The van der Waals surface area contributed by atoms with Crippen molar-refractivity contribution in [2.24, 2.45) is 0 Å². The first-order valence-electron chi connectivity index (χ1n) is 7.04. The topological polar surface area (TPSA) is 9.23 Å². The van der Waals surface area contributed by atoms with Crippen LogP contribution in [-0.2, 0) is 0 Å². The van der Waals surface area contributed by atoms with Gasteiger partial charge in [0.2, 0.25) is 0 Å². The van der Waals surface area contributed by atoms with E-state index in [9.17, 15) is 0 Å². The molecule has 0 saturated carbocycles. The standard InChI is InChI=1S/C18H22O/c1-4-16(15-9-7-6-8-10-15)17-13-14(3)11-12-18(17)19-5-2/h6-13,16H,4-5H2,1-3H3. The summed E-state index contributed by atoms with van der Waals surface area (Å²) in [5.74, 6) is 1.42. The van der Waals surface area contributed by atoms with Crippen molar-refractivity contribution in [1.29, 1.82) is 0 Å². The summed E-state index contributed by atoms with van der Waals surface area (Å²) in [5.41, 5.74) is 3.94. The molecular weight excluding hydrogens is 232 g/mol. The van der Waals surface area contributed by atoms with E-state index in [0.717, 1.165) is 12.2 Å². The van der Waals surface area contributed by atoms with E-state index in [1.54, 1.807) is 0 Å². The predicted octanol–water partition coefficient (Wildman–Crippen LogP) is 4.94. The van der Waals surface area contributed by atoms with Crippen LogP contribution in [0.15, 0.2) is 48.5 Å². The van der Waals surface area contributed by atoms with E-state index in [4.69, 9.17) is 4.74 Å². The van der Waals surface area contributed by atoms with Crippen LogP contribution in [0, 0.1) is 6.92 Å². The SMILES string of the molecule is CCOc1ccc(C)cc1C(CC)c1ccccc1. The van der Waals surface area contributed by atoms with Gasteiger partial charge in [0.1, 0.15) is 5.75 Å². The summed E-state index contributed by atoms with van der Waals surface area (Å²) < 4.78 is 5.80. The highest BCUT2D eigenvalue weighted by Crippen LogP contribution is 2.34. The van der Waals surface area contributed by atoms with Gasteiger partial charge in [-0.3, -0.25) is 0 Å². The lowest BCUT2D eigenvalue weighted by atomic mass is 9.88. The molecule has 0 fully saturated rings. The Kier molecular flexibility index (Phi) is 4.62. The molecule has 1 unspecified atom stereocenters. The third-order valence-electron chi connectivity index (χ3n) is 3.45. The molecule has 0 saturated heterocycles. The zero-order valence-electron chi connectivity index (χ0n) is 12.0. The molecule has 0 N–H and O–H groups in total. The first kappa shape index (κ1) is 13.7. The van der Waals surface area contributed by atoms with E-state index in [1.807, 2.05) is 6.92 Å². The highest BCUT2D eigenvalue weighted by molar-refractivity contribution is 5.44. The molecule has 2 rings (SSSR count). The zero-order chi connectivity index (χ0) is 13.7. The number of rotatable bonds is 5. The summed E-state index contributed by atoms with van der Waals surface area (Å²) in [6, 6.07) is 17.1. The van der Waals surface area contributed by atoms with Crippen LogP contribution in [0.25, 0.3) is 0 Å². The second-order valence-corrected chi connectivity index (χ2v) is 4.85. The fourth-order valence-corrected chi connectivity index (χ4v) is 2.55. The maximum absolute atomic E-state index is 5.80. The molecule has 2 aromatic carbocycles. The van der Waals surface area contributed by atoms with Gasteiger partial charge in [0, 0.05) is 11.5 Å². The molecule has 0 spiro atoms. The summed E-state index contributed by atoms with van der Waals surface area (Å²) in [6.45, 7) is 7.11. The minimum atomic E-state index is 0.405. The molecule has 0 aliphatic carbocycles. The van der Waals surface area contributed by atoms with Gasteiger partial charge in [-0.05, 0) is 31.9 Å². The molecule has 0 amide bonds. The lowest BCUT2D eigenvalue weighted by Gasteiger charge is -2.20. The molecule has 1 atom stereocenters. The maximum Gasteiger partial charge on any atom is 0.123 e. The summed E-state index contributed by atoms with van der Waals surface area (Å²) in [4.78, 5) is 0. The van der Waals surface area contributed by atoms with Crippen LogP contribution in [0.2, 0.25) is 0 Å². The largest absolute Gasteiger partial charge is 0.494 e. The molecule has 0 aromatic heterocycles. The Bertz CT molecular complexity index is 516. The van der Waals surface area contributed by atoms with Crippen LogP contribution < -0.4 is 4.74 Å². The third-order valence-corrected chi connectivity index (χ3v) is 3.45. The fourth-order valence-electron chi connectivity index (χ4n) is 2.55. The highest BCUT2D eigenvalue weighted by atomic mass is 16.5. The van der Waals surface area contributed by atoms with Gasteiger partial charge in [-0.15, -0.1) is 0 Å². The van der Waals surface area contributed by atoms with Crippen LogP contribution in [0.4, 0.5) is 0 Å². The fraction of sp³-hybridized carbons (Fsp3) is 0.333. The lowest BCUT2D eigenvalue weighted by molar-refractivity contribution is 0.335. The van der Waals surface area contributed by atoms with Crippen molar-refractivity contribution < 1.29 is 4.74 Å². The monoisotopic (exact) mass is 254 g/mol. The Morgan fingerprint density at radius 1 is 1.00 bits per heavy atom. The number of hydrogen-bond donors (Lipinski definition) is 0. The van der Waals surface area contributed by atoms with Crippen LogP contribution in [-0.4, -0.2) is 6.61 Å². The molecule has 1 nitrogen and oxygen atoms in total. The van der Waals surface area contributed by atoms with Crippen molar-refractivity contribution >= 4 is 0 Å². The van der Waals surface area contributed by atoms with Gasteiger partial charge < -0.3 is 4.74 Å². The van der Waals surface area contributed by atoms with Gasteiger partial charge in [0.15, 0.2) is 0 Å². The van der Waals surface area contributed by atoms with Gasteiger partial charge in [-0.25, -0.2) is 0 Å². The molecule has 1 heteroatoms. The van der Waals surface area contributed by atoms with Crippen LogP contribution >= 0.6 is 0 Å². The van der Waals surface area contributed by atoms with E-state index in [0.29, 0.717) is 12.5 Å². The number of benzene rings is 2. The van der Waals surface area contributed by atoms with Gasteiger partial charge in [-0.1, -0.05) is 55.0 Å². The lowest BCUT2D eigenvalue weighted by Crippen LogP contribution is -2.04. The Morgan fingerprint density at radius 2 is 1.74 bits per heavy atom. The Morgan fingerprint density at radius 3 is 2.37 bits per heavy atom. The zero-order valence-corrected chi connectivity index (χ0v) is 12.0. The predicted molar refractivity (Wildman–Crippen MR) is 80.9 cm³/mol. The molecule has 0 radical (unpaired) electrons. The molecule has 2 aromatic rings. The summed E-state index contributed by atoms with van der Waals surface area (Å²) >= 11 is 0. The summed E-state index contributed by atoms with van der Waals surface area (Å²) in [7, 11) is 0. The van der Waals surface area contributed by atoms with Gasteiger partial charge in [0.25, 0.3) is 0 Å². The van der Waals surface area contributed by atoms with Crippen molar-refractivity contribution in [3.05, 3.63) is 65.2 Å². The molecule has 0 aliphatic rings. The Hall–Kier alpha value is -1.76. The van der Waals surface area contributed by atoms with Crippen molar-refractivity contribution in [2.45, 2.75) is 33.1 Å². The second kappa shape index (κ2) is 6.42. The average Bonchev–Trinajstić information content (AvgIpc) is 2.44. The molecule has 0 bridgehead atoms. The van der Waals surface area contributed by atoms with E-state index in [2.05, 4.69) is 62.4 Å². The highest BCUT2D eigenvalue weighted by Gasteiger charge is 2.16. The minimum absolute atomic E-state index is 0.405. The first-order chi connectivity index (χ1) is 9.26. The Labute approximate surface area is 116 Å². The van der Waals surface area contributed by atoms with Gasteiger partial charge in [-0.2, -0.15) is 0 Å². The second-order valence-electron chi connectivity index (χ2n) is 4.85. The summed E-state index contributed by atoms with van der Waals surface area (Å²) in [6.07, 6.45) is 1.08. The van der Waals surface area contributed by atoms with Gasteiger partial charge >= 0.3 is 0 Å². The Balaban J connectivity index is 2.45. The van der Waals surface area contributed by atoms with E-state index in [1.165, 1.54) is 16.7 Å². The van der Waals surface area contributed by atoms with Gasteiger partial charge in [0.05, 0.1) is 6.61 Å². The third kappa shape index (κ3) is 3.17. The first-order valence-corrected chi connectivity index (χ1v) is 7.04. The number of hydrogen-bond acceptors (Lipinski definition) is 1. The van der Waals surface area contributed by atoms with Crippen LogP contribution in [0.3, 0.4) is 0 Å². The number of aryl methyl sites for hydroxylation is 1. The van der Waals surface area contributed by atoms with E-state index >= 15 is 0 Å². The smallest absolute Gasteiger partial charge is 0.123 e. The minimum Gasteiger partial charge on any atom is -0.494 e. The normalized spacial score (nSPS) is 12.2. The molecule has 100 valence electrons. The maximum atomic E-state index is 5.80. The van der Waals surface area contributed by atoms with Crippen molar-refractivity contribution in [3.8, 4) is 5.75 Å². The van der Waals surface area contributed by atoms with E-state index in [-0.39, 0.29) is 0 Å². The summed E-state index contributed by atoms with van der Waals surface area (Å²) in [5, 5.41) is 0. The average molecular weight is 254 g/mol. The van der Waals surface area contributed by atoms with Crippen LogP contribution in [0.1, 0.15) is 42.9 Å². The van der Waals surface area contributed by atoms with Crippen LogP contribution in [0.5, 0.6) is 5.75 Å². The number of ether oxygens (including phenoxy) is 1. The quantitative estimate of drug-likeness (QED) is 0.734. The molecule has 0 aliphatic heterocycles. The van der Waals surface area contributed by atoms with Crippen molar-refractivity contribution in [3.63, 3.8) is 0 Å². The van der Waals surface area contributed by atoms with Crippen molar-refractivity contribution in [1.82, 2.24) is 0 Å². The molecular formula is C18H22O. The molecule has 0 heterocycles.